The van der Waals surface area contributed by atoms with Crippen molar-refractivity contribution in [1.29, 1.82) is 0 Å². The van der Waals surface area contributed by atoms with E-state index in [4.69, 9.17) is 23.8 Å². The van der Waals surface area contributed by atoms with E-state index in [2.05, 4.69) is 102 Å². The van der Waals surface area contributed by atoms with Crippen molar-refractivity contribution in [3.63, 3.8) is 0 Å². The first-order chi connectivity index (χ1) is 26.3. The number of benzene rings is 8. The Balaban J connectivity index is 1.23. The zero-order valence-corrected chi connectivity index (χ0v) is 28.1. The number of aromatic nitrogens is 3. The van der Waals surface area contributed by atoms with Crippen LogP contribution in [0.1, 0.15) is 0 Å². The highest BCUT2D eigenvalue weighted by molar-refractivity contribution is 6.19. The monoisotopic (exact) mass is 678 g/mol. The first-order valence-corrected chi connectivity index (χ1v) is 17.7. The van der Waals surface area contributed by atoms with Gasteiger partial charge in [0.25, 0.3) is 0 Å². The van der Waals surface area contributed by atoms with Gasteiger partial charge in [-0.1, -0.05) is 127 Å². The van der Waals surface area contributed by atoms with Gasteiger partial charge in [0.15, 0.2) is 11.6 Å². The van der Waals surface area contributed by atoms with Crippen molar-refractivity contribution in [1.82, 2.24) is 15.0 Å². The molecule has 0 amide bonds. The summed E-state index contributed by atoms with van der Waals surface area (Å²) in [5.74, 6) is 1.64. The van der Waals surface area contributed by atoms with Crippen molar-refractivity contribution in [2.75, 3.05) is 4.90 Å². The SMILES string of the molecule is c1ccc2c3c(ccc2c1)-c1cccc2cccc(c12)N3c1nc(-c2cccc3oc4ccccc4c23)nc(-c2cccc3oc4ccccc4c23)n1. The molecule has 0 unspecified atom stereocenters. The molecule has 0 aliphatic carbocycles. The Morgan fingerprint density at radius 1 is 0.358 bits per heavy atom. The van der Waals surface area contributed by atoms with Gasteiger partial charge in [0.2, 0.25) is 5.95 Å². The molecule has 0 bridgehead atoms. The molecule has 0 saturated carbocycles. The summed E-state index contributed by atoms with van der Waals surface area (Å²) in [6, 6.07) is 54.4. The summed E-state index contributed by atoms with van der Waals surface area (Å²) < 4.78 is 12.7. The topological polar surface area (TPSA) is 68.2 Å². The van der Waals surface area contributed by atoms with Gasteiger partial charge >= 0.3 is 0 Å². The predicted molar refractivity (Wildman–Crippen MR) is 214 cm³/mol. The maximum atomic E-state index is 6.35. The van der Waals surface area contributed by atoms with E-state index in [-0.39, 0.29) is 0 Å². The van der Waals surface area contributed by atoms with Crippen LogP contribution in [0.5, 0.6) is 0 Å². The van der Waals surface area contributed by atoms with E-state index in [0.29, 0.717) is 17.6 Å². The normalized spacial score (nSPS) is 12.5. The number of nitrogens with zero attached hydrogens (tertiary/aromatic N) is 4. The van der Waals surface area contributed by atoms with Crippen LogP contribution in [0.2, 0.25) is 0 Å². The molecule has 11 aromatic rings. The molecule has 0 saturated heterocycles. The lowest BCUT2D eigenvalue weighted by Gasteiger charge is -2.33. The van der Waals surface area contributed by atoms with Crippen LogP contribution in [0.4, 0.5) is 17.3 Å². The van der Waals surface area contributed by atoms with Gasteiger partial charge < -0.3 is 8.83 Å². The van der Waals surface area contributed by atoms with E-state index in [9.17, 15) is 0 Å². The van der Waals surface area contributed by atoms with E-state index < -0.39 is 0 Å². The van der Waals surface area contributed by atoms with Gasteiger partial charge in [0, 0.05) is 49.0 Å². The molecule has 0 N–H and O–H groups in total. The number of hydrogen-bond donors (Lipinski definition) is 0. The highest BCUT2D eigenvalue weighted by atomic mass is 16.3. The molecule has 0 fully saturated rings. The largest absolute Gasteiger partial charge is 0.456 e. The van der Waals surface area contributed by atoms with Crippen molar-refractivity contribution >= 4 is 82.7 Å². The summed E-state index contributed by atoms with van der Waals surface area (Å²) in [5, 5.41) is 8.53. The van der Waals surface area contributed by atoms with Crippen molar-refractivity contribution < 1.29 is 8.83 Å². The highest BCUT2D eigenvalue weighted by Crippen LogP contribution is 2.53. The van der Waals surface area contributed by atoms with E-state index in [1.165, 1.54) is 5.56 Å². The van der Waals surface area contributed by atoms with Crippen molar-refractivity contribution in [2.45, 2.75) is 0 Å². The van der Waals surface area contributed by atoms with Gasteiger partial charge in [-0.15, -0.1) is 0 Å². The van der Waals surface area contributed by atoms with Crippen LogP contribution in [0.15, 0.2) is 167 Å². The molecule has 1 aliphatic rings. The average Bonchev–Trinajstić information content (AvgIpc) is 3.80. The van der Waals surface area contributed by atoms with Crippen molar-refractivity contribution in [2.24, 2.45) is 0 Å². The van der Waals surface area contributed by atoms with E-state index in [1.807, 2.05) is 60.7 Å². The second-order valence-corrected chi connectivity index (χ2v) is 13.5. The number of fused-ring (bicyclic) bond motifs is 10. The van der Waals surface area contributed by atoms with Gasteiger partial charge in [-0.2, -0.15) is 9.97 Å². The van der Waals surface area contributed by atoms with Crippen molar-refractivity contribution in [3.05, 3.63) is 158 Å². The second-order valence-electron chi connectivity index (χ2n) is 13.5. The minimum atomic E-state index is 0.527. The molecule has 6 heteroatoms. The molecular weight excluding hydrogens is 653 g/mol. The summed E-state index contributed by atoms with van der Waals surface area (Å²) in [6.45, 7) is 0. The number of furan rings is 2. The van der Waals surface area contributed by atoms with Crippen LogP contribution in [0.25, 0.3) is 99.3 Å². The lowest BCUT2D eigenvalue weighted by Crippen LogP contribution is -2.19. The van der Waals surface area contributed by atoms with Crippen LogP contribution in [0, 0.1) is 0 Å². The Hall–Kier alpha value is -7.31. The van der Waals surface area contributed by atoms with Gasteiger partial charge in [-0.25, -0.2) is 4.98 Å². The standard InChI is InChI=1S/C47H26N4O2/c1-2-14-29-27(11-1)25-26-31-30-17-7-12-28-13-8-20-36(41(28)30)51(44(29)31)47-49-45(34-18-9-23-39-42(34)32-15-3-5-21-37(32)52-39)48-46(50-47)35-19-10-24-40-43(35)33-16-4-6-22-38(33)53-40/h1-26H. The number of rotatable bonds is 3. The third-order valence-electron chi connectivity index (χ3n) is 10.6. The van der Waals surface area contributed by atoms with Gasteiger partial charge in [-0.3, -0.25) is 4.90 Å². The Bertz CT molecular complexity index is 3180. The minimum Gasteiger partial charge on any atom is -0.456 e. The smallest absolute Gasteiger partial charge is 0.238 e. The summed E-state index contributed by atoms with van der Waals surface area (Å²) in [6.07, 6.45) is 0. The third kappa shape index (κ3) is 4.00. The summed E-state index contributed by atoms with van der Waals surface area (Å²) in [5.41, 5.74) is 9.31. The van der Waals surface area contributed by atoms with Crippen LogP contribution in [0.3, 0.4) is 0 Å². The molecule has 0 atom stereocenters. The molecule has 53 heavy (non-hydrogen) atoms. The molecule has 1 aliphatic heterocycles. The van der Waals surface area contributed by atoms with Gasteiger partial charge in [0.1, 0.15) is 22.3 Å². The lowest BCUT2D eigenvalue weighted by molar-refractivity contribution is 0.668. The summed E-state index contributed by atoms with van der Waals surface area (Å²) in [7, 11) is 0. The summed E-state index contributed by atoms with van der Waals surface area (Å²) >= 11 is 0. The molecule has 246 valence electrons. The van der Waals surface area contributed by atoms with Crippen molar-refractivity contribution in [3.8, 4) is 33.9 Å². The Kier molecular flexibility index (Phi) is 5.68. The Morgan fingerprint density at radius 3 is 1.57 bits per heavy atom. The fourth-order valence-electron chi connectivity index (χ4n) is 8.40. The average molecular weight is 679 g/mol. The first kappa shape index (κ1) is 28.4. The molecular formula is C47H26N4O2. The zero-order valence-electron chi connectivity index (χ0n) is 28.1. The lowest BCUT2D eigenvalue weighted by atomic mass is 9.89. The minimum absolute atomic E-state index is 0.527. The van der Waals surface area contributed by atoms with Crippen LogP contribution >= 0.6 is 0 Å². The molecule has 0 radical (unpaired) electrons. The fraction of sp³-hybridized carbons (Fsp3) is 0. The van der Waals surface area contributed by atoms with Gasteiger partial charge in [0.05, 0.1) is 11.4 Å². The molecule has 3 aromatic heterocycles. The number of anilines is 3. The van der Waals surface area contributed by atoms with Crippen LogP contribution in [-0.2, 0) is 0 Å². The maximum Gasteiger partial charge on any atom is 0.238 e. The van der Waals surface area contributed by atoms with E-state index in [1.54, 1.807) is 0 Å². The molecule has 12 rings (SSSR count). The predicted octanol–water partition coefficient (Wildman–Crippen LogP) is 12.8. The molecule has 0 spiro atoms. The number of para-hydroxylation sites is 2. The quantitative estimate of drug-likeness (QED) is 0.185. The molecule has 6 nitrogen and oxygen atoms in total. The number of hydrogen-bond acceptors (Lipinski definition) is 6. The Labute approximate surface area is 302 Å². The maximum absolute atomic E-state index is 6.35. The third-order valence-corrected chi connectivity index (χ3v) is 10.6. The van der Waals surface area contributed by atoms with Crippen LogP contribution in [-0.4, -0.2) is 15.0 Å². The van der Waals surface area contributed by atoms with E-state index in [0.717, 1.165) is 93.5 Å². The Morgan fingerprint density at radius 2 is 0.887 bits per heavy atom. The molecule has 4 heterocycles. The summed E-state index contributed by atoms with van der Waals surface area (Å²) in [4.78, 5) is 18.4. The van der Waals surface area contributed by atoms with Gasteiger partial charge in [-0.05, 0) is 46.7 Å². The zero-order chi connectivity index (χ0) is 34.6. The van der Waals surface area contributed by atoms with E-state index >= 15 is 0 Å². The fourth-order valence-corrected chi connectivity index (χ4v) is 8.40. The second kappa shape index (κ2) is 10.6. The molecule has 8 aromatic carbocycles. The first-order valence-electron chi connectivity index (χ1n) is 17.7. The highest BCUT2D eigenvalue weighted by Gasteiger charge is 2.31. The van der Waals surface area contributed by atoms with Crippen LogP contribution < -0.4 is 4.90 Å².